The van der Waals surface area contributed by atoms with Crippen molar-refractivity contribution in [2.24, 2.45) is 0 Å². The topological polar surface area (TPSA) is 83.8 Å². The summed E-state index contributed by atoms with van der Waals surface area (Å²) < 4.78 is 2.06. The Balaban J connectivity index is 1.99. The van der Waals surface area contributed by atoms with E-state index in [1.807, 2.05) is 44.2 Å². The highest BCUT2D eigenvalue weighted by Crippen LogP contribution is 2.29. The molecule has 8 heteroatoms. The highest BCUT2D eigenvalue weighted by molar-refractivity contribution is 8.04. The molecule has 0 unspecified atom stereocenters. The van der Waals surface area contributed by atoms with E-state index in [1.165, 1.54) is 0 Å². The summed E-state index contributed by atoms with van der Waals surface area (Å²) in [7, 11) is 0. The van der Waals surface area contributed by atoms with Crippen LogP contribution >= 0.6 is 23.4 Å². The zero-order chi connectivity index (χ0) is 18.8. The van der Waals surface area contributed by atoms with Gasteiger partial charge in [0.25, 0.3) is 0 Å². The SMILES string of the molecule is Cc1nc(S/C(=C\c2cc(C)n(-c3ccc(Cl)cc3)c2C)C(=O)O)n[nH]1. The minimum absolute atomic E-state index is 0.153. The van der Waals surface area contributed by atoms with Gasteiger partial charge in [0.15, 0.2) is 0 Å². The summed E-state index contributed by atoms with van der Waals surface area (Å²) in [6.45, 7) is 5.70. The van der Waals surface area contributed by atoms with Crippen molar-refractivity contribution in [2.75, 3.05) is 0 Å². The quantitative estimate of drug-likeness (QED) is 0.500. The minimum atomic E-state index is -1.02. The molecule has 0 saturated carbocycles. The molecule has 0 aliphatic carbocycles. The van der Waals surface area contributed by atoms with Crippen LogP contribution in [0.1, 0.15) is 22.8 Å². The zero-order valence-electron chi connectivity index (χ0n) is 14.4. The van der Waals surface area contributed by atoms with Crippen LogP contribution in [0, 0.1) is 20.8 Å². The molecular weight excluding hydrogens is 372 g/mol. The number of aliphatic carboxylic acids is 1. The Bertz CT molecular complexity index is 989. The van der Waals surface area contributed by atoms with Crippen LogP contribution in [0.4, 0.5) is 0 Å². The lowest BCUT2D eigenvalue weighted by atomic mass is 10.2. The van der Waals surface area contributed by atoms with Gasteiger partial charge in [-0.2, -0.15) is 0 Å². The molecule has 3 aromatic rings. The van der Waals surface area contributed by atoms with Gasteiger partial charge in [-0.25, -0.2) is 9.78 Å². The summed E-state index contributed by atoms with van der Waals surface area (Å²) >= 11 is 6.98. The lowest BCUT2D eigenvalue weighted by molar-refractivity contribution is -0.131. The second kappa shape index (κ2) is 7.39. The maximum atomic E-state index is 11.6. The van der Waals surface area contributed by atoms with E-state index in [0.717, 1.165) is 34.4 Å². The van der Waals surface area contributed by atoms with Crippen molar-refractivity contribution >= 4 is 35.4 Å². The Morgan fingerprint density at radius 3 is 2.54 bits per heavy atom. The predicted molar refractivity (Wildman–Crippen MR) is 103 cm³/mol. The number of aromatic amines is 1. The van der Waals surface area contributed by atoms with Gasteiger partial charge in [0.2, 0.25) is 5.16 Å². The number of carboxylic acids is 1. The molecule has 134 valence electrons. The van der Waals surface area contributed by atoms with Crippen LogP contribution in [-0.4, -0.2) is 30.8 Å². The molecule has 0 amide bonds. The molecule has 2 N–H and O–H groups in total. The van der Waals surface area contributed by atoms with E-state index in [4.69, 9.17) is 11.6 Å². The molecule has 2 aromatic heterocycles. The van der Waals surface area contributed by atoms with Crippen molar-refractivity contribution in [1.82, 2.24) is 19.7 Å². The smallest absolute Gasteiger partial charge is 0.342 e. The van der Waals surface area contributed by atoms with Crippen LogP contribution in [0.15, 0.2) is 40.4 Å². The molecule has 0 saturated heterocycles. The van der Waals surface area contributed by atoms with Gasteiger partial charge < -0.3 is 9.67 Å². The standard InChI is InChI=1S/C18H17ClN4O2S/c1-10-8-13(11(2)23(10)15-6-4-14(19)5-7-15)9-16(17(24)25)26-18-20-12(3)21-22-18/h4-9H,1-3H3,(H,24,25)(H,20,21,22)/b16-9-. The molecule has 0 bridgehead atoms. The van der Waals surface area contributed by atoms with E-state index >= 15 is 0 Å². The third-order valence-electron chi connectivity index (χ3n) is 3.83. The highest BCUT2D eigenvalue weighted by Gasteiger charge is 2.16. The molecule has 0 radical (unpaired) electrons. The van der Waals surface area contributed by atoms with Crippen LogP contribution in [0.5, 0.6) is 0 Å². The Morgan fingerprint density at radius 2 is 1.96 bits per heavy atom. The van der Waals surface area contributed by atoms with Crippen LogP contribution < -0.4 is 0 Å². The number of hydrogen-bond donors (Lipinski definition) is 2. The Kier molecular flexibility index (Phi) is 5.20. The van der Waals surface area contributed by atoms with Crippen LogP contribution in [0.3, 0.4) is 0 Å². The van der Waals surface area contributed by atoms with Crippen molar-refractivity contribution in [3.63, 3.8) is 0 Å². The number of thioether (sulfide) groups is 1. The lowest BCUT2D eigenvalue weighted by Gasteiger charge is -2.09. The van der Waals surface area contributed by atoms with Crippen molar-refractivity contribution in [1.29, 1.82) is 0 Å². The van der Waals surface area contributed by atoms with Crippen molar-refractivity contribution < 1.29 is 9.90 Å². The van der Waals surface area contributed by atoms with E-state index in [2.05, 4.69) is 19.7 Å². The molecule has 2 heterocycles. The number of carbonyl (C=O) groups is 1. The van der Waals surface area contributed by atoms with Crippen LogP contribution in [0.2, 0.25) is 5.02 Å². The molecule has 26 heavy (non-hydrogen) atoms. The summed E-state index contributed by atoms with van der Waals surface area (Å²) in [5.41, 5.74) is 3.74. The fourth-order valence-corrected chi connectivity index (χ4v) is 3.53. The maximum Gasteiger partial charge on any atom is 0.342 e. The first-order chi connectivity index (χ1) is 12.3. The van der Waals surface area contributed by atoms with Crippen molar-refractivity contribution in [2.45, 2.75) is 25.9 Å². The second-order valence-corrected chi connectivity index (χ2v) is 7.20. The summed E-state index contributed by atoms with van der Waals surface area (Å²) in [6, 6.07) is 9.47. The third kappa shape index (κ3) is 3.84. The Morgan fingerprint density at radius 1 is 1.27 bits per heavy atom. The molecule has 6 nitrogen and oxygen atoms in total. The van der Waals surface area contributed by atoms with Gasteiger partial charge in [-0.1, -0.05) is 11.6 Å². The fourth-order valence-electron chi connectivity index (χ4n) is 2.66. The largest absolute Gasteiger partial charge is 0.477 e. The molecule has 3 rings (SSSR count). The second-order valence-electron chi connectivity index (χ2n) is 5.76. The predicted octanol–water partition coefficient (Wildman–Crippen LogP) is 4.39. The van der Waals surface area contributed by atoms with E-state index < -0.39 is 5.97 Å². The third-order valence-corrected chi connectivity index (χ3v) is 4.96. The van der Waals surface area contributed by atoms with Crippen molar-refractivity contribution in [3.05, 3.63) is 63.0 Å². The number of aryl methyl sites for hydroxylation is 2. The van der Waals surface area contributed by atoms with E-state index in [-0.39, 0.29) is 4.91 Å². The van der Waals surface area contributed by atoms with Crippen molar-refractivity contribution in [3.8, 4) is 5.69 Å². The fraction of sp³-hybridized carbons (Fsp3) is 0.167. The van der Waals surface area contributed by atoms with E-state index in [0.29, 0.717) is 16.0 Å². The van der Waals surface area contributed by atoms with E-state index in [9.17, 15) is 9.90 Å². The molecule has 0 fully saturated rings. The lowest BCUT2D eigenvalue weighted by Crippen LogP contribution is -2.00. The maximum absolute atomic E-state index is 11.6. The summed E-state index contributed by atoms with van der Waals surface area (Å²) in [6.07, 6.45) is 1.65. The Labute approximate surface area is 159 Å². The monoisotopic (exact) mass is 388 g/mol. The van der Waals surface area contributed by atoms with Crippen LogP contribution in [0.25, 0.3) is 11.8 Å². The molecular formula is C18H17ClN4O2S. The normalized spacial score (nSPS) is 11.8. The first kappa shape index (κ1) is 18.3. The van der Waals surface area contributed by atoms with Gasteiger partial charge in [0, 0.05) is 22.1 Å². The van der Waals surface area contributed by atoms with Gasteiger partial charge >= 0.3 is 5.97 Å². The average Bonchev–Trinajstić information content (AvgIpc) is 3.11. The number of benzene rings is 1. The van der Waals surface area contributed by atoms with Gasteiger partial charge in [0.1, 0.15) is 10.7 Å². The average molecular weight is 389 g/mol. The van der Waals surface area contributed by atoms with Gasteiger partial charge in [-0.15, -0.1) is 5.10 Å². The first-order valence-corrected chi connectivity index (χ1v) is 9.01. The number of aromatic nitrogens is 4. The Hall–Kier alpha value is -2.51. The number of carboxylic acid groups (broad SMARTS) is 1. The highest BCUT2D eigenvalue weighted by atomic mass is 35.5. The summed E-state index contributed by atoms with van der Waals surface area (Å²) in [5, 5.41) is 17.3. The van der Waals surface area contributed by atoms with Gasteiger partial charge in [-0.05, 0) is 74.5 Å². The summed E-state index contributed by atoms with van der Waals surface area (Å²) in [4.78, 5) is 16.0. The van der Waals surface area contributed by atoms with E-state index in [1.54, 1.807) is 13.0 Å². The van der Waals surface area contributed by atoms with Crippen LogP contribution in [-0.2, 0) is 4.79 Å². The molecule has 0 aliphatic heterocycles. The minimum Gasteiger partial charge on any atom is -0.477 e. The number of halogens is 1. The number of rotatable bonds is 5. The zero-order valence-corrected chi connectivity index (χ0v) is 16.0. The number of nitrogens with one attached hydrogen (secondary N) is 1. The number of H-pyrrole nitrogens is 1. The molecule has 1 aromatic carbocycles. The molecule has 0 aliphatic rings. The number of nitrogens with zero attached hydrogens (tertiary/aromatic N) is 3. The first-order valence-electron chi connectivity index (χ1n) is 7.82. The summed E-state index contributed by atoms with van der Waals surface area (Å²) in [5.74, 6) is -0.382. The van der Waals surface area contributed by atoms with Gasteiger partial charge in [-0.3, -0.25) is 5.10 Å². The van der Waals surface area contributed by atoms with Gasteiger partial charge in [0.05, 0.1) is 0 Å². The molecule has 0 atom stereocenters. The molecule has 0 spiro atoms. The number of hydrogen-bond acceptors (Lipinski definition) is 4.